The molecule has 0 fully saturated rings. The van der Waals surface area contributed by atoms with Crippen LogP contribution in [0.3, 0.4) is 0 Å². The summed E-state index contributed by atoms with van der Waals surface area (Å²) in [7, 11) is 1.93. The van der Waals surface area contributed by atoms with Gasteiger partial charge in [0.05, 0.1) is 13.2 Å². The average Bonchev–Trinajstić information content (AvgIpc) is 1.80. The van der Waals surface area contributed by atoms with Crippen molar-refractivity contribution >= 4 is 5.82 Å². The van der Waals surface area contributed by atoms with Crippen LogP contribution in [0.4, 0.5) is 5.82 Å². The lowest BCUT2D eigenvalue weighted by Gasteiger charge is -1.94. The number of aromatic nitrogens is 1. The highest BCUT2D eigenvalue weighted by atomic mass is 15.0. The molecule has 1 aromatic heterocycles. The Bertz CT molecular complexity index is 218. The van der Waals surface area contributed by atoms with Crippen LogP contribution in [0.15, 0.2) is 18.3 Å². The number of nitrogen functional groups attached to an aromatic ring is 1. The van der Waals surface area contributed by atoms with Gasteiger partial charge in [-0.05, 0) is 18.6 Å². The second-order valence-corrected chi connectivity index (χ2v) is 2.24. The Kier molecular flexibility index (Phi) is 1.39. The number of aryl methyl sites for hydroxylation is 2. The largest absolute Gasteiger partial charge is 0.287 e. The summed E-state index contributed by atoms with van der Waals surface area (Å²) >= 11 is 0. The van der Waals surface area contributed by atoms with Gasteiger partial charge < -0.3 is 0 Å². The summed E-state index contributed by atoms with van der Waals surface area (Å²) in [6, 6.07) is 3.89. The quantitative estimate of drug-likeness (QED) is 0.497. The fourth-order valence-electron chi connectivity index (χ4n) is 0.757. The van der Waals surface area contributed by atoms with Gasteiger partial charge >= 0.3 is 0 Å². The lowest BCUT2D eigenvalue weighted by Crippen LogP contribution is -2.31. The van der Waals surface area contributed by atoms with E-state index in [9.17, 15) is 0 Å². The minimum Gasteiger partial charge on any atom is -0.287 e. The predicted molar refractivity (Wildman–Crippen MR) is 36.8 cm³/mol. The molecule has 0 saturated carbocycles. The van der Waals surface area contributed by atoms with Crippen LogP contribution in [-0.2, 0) is 7.05 Å². The van der Waals surface area contributed by atoms with E-state index in [1.54, 1.807) is 0 Å². The number of hydrogen-bond acceptors (Lipinski definition) is 1. The van der Waals surface area contributed by atoms with Gasteiger partial charge in [0.1, 0.15) is 0 Å². The molecular weight excluding hydrogens is 112 g/mol. The Morgan fingerprint density at radius 3 is 2.56 bits per heavy atom. The molecule has 0 bridgehead atoms. The summed E-state index contributed by atoms with van der Waals surface area (Å²) < 4.78 is 1.90. The summed E-state index contributed by atoms with van der Waals surface area (Å²) in [6.45, 7) is 2.04. The van der Waals surface area contributed by atoms with Crippen LogP contribution < -0.4 is 10.3 Å². The molecule has 1 rings (SSSR count). The van der Waals surface area contributed by atoms with Gasteiger partial charge in [0.2, 0.25) is 0 Å². The number of rotatable bonds is 0. The average molecular weight is 123 g/mol. The second kappa shape index (κ2) is 2.05. The van der Waals surface area contributed by atoms with Crippen molar-refractivity contribution in [2.24, 2.45) is 7.05 Å². The van der Waals surface area contributed by atoms with Crippen LogP contribution >= 0.6 is 0 Å². The fraction of sp³-hybridized carbons (Fsp3) is 0.286. The van der Waals surface area contributed by atoms with E-state index in [-0.39, 0.29) is 0 Å². The van der Waals surface area contributed by atoms with Gasteiger partial charge in [-0.3, -0.25) is 5.73 Å². The first-order chi connectivity index (χ1) is 4.20. The van der Waals surface area contributed by atoms with Gasteiger partial charge in [0.15, 0.2) is 0 Å². The van der Waals surface area contributed by atoms with E-state index in [1.807, 2.05) is 36.9 Å². The molecule has 0 atom stereocenters. The minimum atomic E-state index is 0.792. The highest BCUT2D eigenvalue weighted by Crippen LogP contribution is 1.94. The Balaban J connectivity index is 3.17. The summed E-state index contributed by atoms with van der Waals surface area (Å²) in [4.78, 5) is 0. The van der Waals surface area contributed by atoms with Gasteiger partial charge in [-0.25, -0.2) is 4.57 Å². The van der Waals surface area contributed by atoms with Crippen molar-refractivity contribution in [3.05, 3.63) is 23.9 Å². The SMILES string of the molecule is Cc1ccc(N)[n+](C)c1. The molecule has 0 spiro atoms. The molecule has 0 aliphatic heterocycles. The van der Waals surface area contributed by atoms with Gasteiger partial charge in [-0.2, -0.15) is 0 Å². The molecule has 0 saturated heterocycles. The molecule has 1 aromatic rings. The third-order valence-corrected chi connectivity index (χ3v) is 1.32. The van der Waals surface area contributed by atoms with Gasteiger partial charge in [0.25, 0.3) is 5.82 Å². The van der Waals surface area contributed by atoms with Crippen molar-refractivity contribution < 1.29 is 4.57 Å². The standard InChI is InChI=1S/C7H10N2/c1-6-3-4-7(8)9(2)5-6/h3-5,8H,1-2H3/p+1. The number of nitrogens with two attached hydrogens (primary N) is 1. The van der Waals surface area contributed by atoms with Crippen molar-refractivity contribution in [1.29, 1.82) is 0 Å². The summed E-state index contributed by atoms with van der Waals surface area (Å²) in [5, 5.41) is 0. The molecule has 2 heteroatoms. The summed E-state index contributed by atoms with van der Waals surface area (Å²) in [5.41, 5.74) is 6.78. The third-order valence-electron chi connectivity index (χ3n) is 1.32. The molecule has 0 amide bonds. The Hall–Kier alpha value is -1.05. The van der Waals surface area contributed by atoms with Crippen molar-refractivity contribution in [3.63, 3.8) is 0 Å². The molecule has 48 valence electrons. The zero-order chi connectivity index (χ0) is 6.85. The van der Waals surface area contributed by atoms with Gasteiger partial charge in [0, 0.05) is 6.07 Å². The zero-order valence-electron chi connectivity index (χ0n) is 5.76. The maximum Gasteiger partial charge on any atom is 0.272 e. The van der Waals surface area contributed by atoms with Gasteiger partial charge in [-0.1, -0.05) is 0 Å². The lowest BCUT2D eigenvalue weighted by molar-refractivity contribution is -0.657. The van der Waals surface area contributed by atoms with Crippen molar-refractivity contribution in [2.75, 3.05) is 5.73 Å². The monoisotopic (exact) mass is 123 g/mol. The lowest BCUT2D eigenvalue weighted by atomic mass is 10.3. The van der Waals surface area contributed by atoms with Crippen molar-refractivity contribution in [1.82, 2.24) is 0 Å². The maximum absolute atomic E-state index is 5.55. The Morgan fingerprint density at radius 2 is 2.11 bits per heavy atom. The van der Waals surface area contributed by atoms with E-state index >= 15 is 0 Å². The molecule has 9 heavy (non-hydrogen) atoms. The Labute approximate surface area is 54.9 Å². The van der Waals surface area contributed by atoms with Crippen LogP contribution in [-0.4, -0.2) is 0 Å². The highest BCUT2D eigenvalue weighted by Gasteiger charge is 1.95. The minimum absolute atomic E-state index is 0.792. The Morgan fingerprint density at radius 1 is 1.44 bits per heavy atom. The fourth-order valence-corrected chi connectivity index (χ4v) is 0.757. The van der Waals surface area contributed by atoms with Crippen LogP contribution in [0.1, 0.15) is 5.56 Å². The zero-order valence-corrected chi connectivity index (χ0v) is 5.76. The van der Waals surface area contributed by atoms with E-state index in [0.717, 1.165) is 5.82 Å². The third kappa shape index (κ3) is 1.19. The predicted octanol–water partition coefficient (Wildman–Crippen LogP) is 0.402. The van der Waals surface area contributed by atoms with E-state index < -0.39 is 0 Å². The summed E-state index contributed by atoms with van der Waals surface area (Å²) in [5.74, 6) is 0.792. The first kappa shape index (κ1) is 6.08. The van der Waals surface area contributed by atoms with Crippen LogP contribution in [0, 0.1) is 6.92 Å². The molecule has 2 N–H and O–H groups in total. The number of pyridine rings is 1. The van der Waals surface area contributed by atoms with E-state index in [1.165, 1.54) is 5.56 Å². The summed E-state index contributed by atoms with van der Waals surface area (Å²) in [6.07, 6.45) is 2.00. The molecule has 0 radical (unpaired) electrons. The highest BCUT2D eigenvalue weighted by molar-refractivity contribution is 5.21. The van der Waals surface area contributed by atoms with E-state index in [0.29, 0.717) is 0 Å². The molecule has 0 aromatic carbocycles. The number of nitrogens with zero attached hydrogens (tertiary/aromatic N) is 1. The normalized spacial score (nSPS) is 9.56. The molecule has 0 aliphatic rings. The van der Waals surface area contributed by atoms with Crippen molar-refractivity contribution in [3.8, 4) is 0 Å². The van der Waals surface area contributed by atoms with Crippen molar-refractivity contribution in [2.45, 2.75) is 6.92 Å². The van der Waals surface area contributed by atoms with E-state index in [2.05, 4.69) is 0 Å². The molecule has 2 nitrogen and oxygen atoms in total. The number of hydrogen-bond donors (Lipinski definition) is 1. The maximum atomic E-state index is 5.55. The van der Waals surface area contributed by atoms with E-state index in [4.69, 9.17) is 5.73 Å². The first-order valence-electron chi connectivity index (χ1n) is 2.92. The number of anilines is 1. The molecule has 0 unspecified atom stereocenters. The van der Waals surface area contributed by atoms with Crippen LogP contribution in [0.25, 0.3) is 0 Å². The molecular formula is C7H11N2+. The molecule has 0 aliphatic carbocycles. The smallest absolute Gasteiger partial charge is 0.272 e. The second-order valence-electron chi connectivity index (χ2n) is 2.24. The first-order valence-corrected chi connectivity index (χ1v) is 2.92. The van der Waals surface area contributed by atoms with Crippen LogP contribution in [0.2, 0.25) is 0 Å². The van der Waals surface area contributed by atoms with Crippen LogP contribution in [0.5, 0.6) is 0 Å². The van der Waals surface area contributed by atoms with Gasteiger partial charge in [-0.15, -0.1) is 0 Å². The molecule has 1 heterocycles. The topological polar surface area (TPSA) is 29.9 Å².